The molecule has 0 saturated carbocycles. The first-order valence-electron chi connectivity index (χ1n) is 15.3. The summed E-state index contributed by atoms with van der Waals surface area (Å²) >= 11 is 0. The van der Waals surface area contributed by atoms with E-state index in [0.717, 1.165) is 38.5 Å². The van der Waals surface area contributed by atoms with Crippen molar-refractivity contribution in [2.24, 2.45) is 5.92 Å². The lowest BCUT2D eigenvalue weighted by Gasteiger charge is -2.11. The van der Waals surface area contributed by atoms with Gasteiger partial charge in [-0.25, -0.2) is 0 Å². The van der Waals surface area contributed by atoms with Gasteiger partial charge in [-0.2, -0.15) is 0 Å². The second-order valence-corrected chi connectivity index (χ2v) is 10.7. The zero-order chi connectivity index (χ0) is 26.0. The molecular weight excluding hydrogens is 436 g/mol. The molecule has 4 nitrogen and oxygen atoms in total. The number of Topliss-reactive ketones (excluding diaryl/α,β-unsaturated/α-hetero) is 2. The van der Waals surface area contributed by atoms with Gasteiger partial charge in [0.25, 0.3) is 0 Å². The van der Waals surface area contributed by atoms with Crippen molar-refractivity contribution >= 4 is 17.5 Å². The molecule has 0 saturated heterocycles. The molecule has 0 radical (unpaired) electrons. The summed E-state index contributed by atoms with van der Waals surface area (Å²) in [6.45, 7) is 4.48. The predicted molar refractivity (Wildman–Crippen MR) is 148 cm³/mol. The van der Waals surface area contributed by atoms with Crippen molar-refractivity contribution in [3.8, 4) is 0 Å². The van der Waals surface area contributed by atoms with Gasteiger partial charge in [-0.05, 0) is 12.8 Å². The van der Waals surface area contributed by atoms with Crippen LogP contribution >= 0.6 is 0 Å². The van der Waals surface area contributed by atoms with E-state index in [4.69, 9.17) is 0 Å². The molecule has 0 aliphatic heterocycles. The minimum atomic E-state index is -1.14. The second kappa shape index (κ2) is 25.9. The van der Waals surface area contributed by atoms with Crippen LogP contribution in [-0.2, 0) is 14.4 Å². The number of hydrogen-bond donors (Lipinski definition) is 1. The van der Waals surface area contributed by atoms with Crippen molar-refractivity contribution in [2.45, 2.75) is 174 Å². The Hall–Kier alpha value is -1.19. The van der Waals surface area contributed by atoms with Gasteiger partial charge < -0.3 is 5.11 Å². The Morgan fingerprint density at radius 2 is 0.800 bits per heavy atom. The first-order chi connectivity index (χ1) is 17.0. The number of aliphatic carboxylic acids is 1. The molecule has 0 aliphatic rings. The Balaban J connectivity index is 3.76. The van der Waals surface area contributed by atoms with Crippen LogP contribution in [-0.4, -0.2) is 22.6 Å². The molecule has 1 atom stereocenters. The van der Waals surface area contributed by atoms with Crippen molar-refractivity contribution in [3.05, 3.63) is 0 Å². The summed E-state index contributed by atoms with van der Waals surface area (Å²) in [6, 6.07) is 0. The van der Waals surface area contributed by atoms with Crippen LogP contribution in [0.2, 0.25) is 0 Å². The number of hydrogen-bond acceptors (Lipinski definition) is 3. The highest BCUT2D eigenvalue weighted by molar-refractivity contribution is 6.01. The number of ketones is 2. The monoisotopic (exact) mass is 494 g/mol. The van der Waals surface area contributed by atoms with E-state index >= 15 is 0 Å². The zero-order valence-electron chi connectivity index (χ0n) is 23.4. The van der Waals surface area contributed by atoms with Gasteiger partial charge in [-0.15, -0.1) is 0 Å². The fourth-order valence-corrected chi connectivity index (χ4v) is 4.79. The second-order valence-electron chi connectivity index (χ2n) is 10.7. The van der Waals surface area contributed by atoms with Crippen LogP contribution in [0.4, 0.5) is 0 Å². The van der Waals surface area contributed by atoms with Crippen molar-refractivity contribution in [1.82, 2.24) is 0 Å². The maximum atomic E-state index is 12.4. The van der Waals surface area contributed by atoms with Gasteiger partial charge in [0.2, 0.25) is 0 Å². The molecule has 4 heteroatoms. The van der Waals surface area contributed by atoms with E-state index in [9.17, 15) is 19.5 Å². The van der Waals surface area contributed by atoms with Gasteiger partial charge in [-0.3, -0.25) is 14.4 Å². The minimum absolute atomic E-state index is 0.0689. The number of carbonyl (C=O) groups excluding carboxylic acids is 2. The maximum Gasteiger partial charge on any atom is 0.314 e. The average Bonchev–Trinajstić information content (AvgIpc) is 2.84. The van der Waals surface area contributed by atoms with Gasteiger partial charge in [0.05, 0.1) is 0 Å². The molecule has 206 valence electrons. The highest BCUT2D eigenvalue weighted by Gasteiger charge is 2.27. The molecule has 0 aromatic rings. The summed E-state index contributed by atoms with van der Waals surface area (Å²) in [4.78, 5) is 36.2. The third-order valence-electron chi connectivity index (χ3n) is 7.20. The smallest absolute Gasteiger partial charge is 0.314 e. The number of carbonyl (C=O) groups is 3. The number of carboxylic acid groups (broad SMARTS) is 1. The minimum Gasteiger partial charge on any atom is -0.481 e. The SMILES string of the molecule is CCCCCCCCCCCCCC(=O)CC(C(=O)O)C(=O)CCCCCCCCCCCCC. The summed E-state index contributed by atoms with van der Waals surface area (Å²) < 4.78 is 0. The van der Waals surface area contributed by atoms with E-state index in [-0.39, 0.29) is 18.0 Å². The van der Waals surface area contributed by atoms with E-state index in [2.05, 4.69) is 13.8 Å². The summed E-state index contributed by atoms with van der Waals surface area (Å²) in [5.41, 5.74) is 0. The Bertz CT molecular complexity index is 514. The first kappa shape index (κ1) is 33.8. The highest BCUT2D eigenvalue weighted by Crippen LogP contribution is 2.17. The Morgan fingerprint density at radius 1 is 0.486 bits per heavy atom. The lowest BCUT2D eigenvalue weighted by atomic mass is 9.92. The van der Waals surface area contributed by atoms with E-state index in [0.29, 0.717) is 12.8 Å². The Morgan fingerprint density at radius 3 is 1.14 bits per heavy atom. The molecule has 0 aromatic heterocycles. The van der Waals surface area contributed by atoms with Crippen molar-refractivity contribution in [1.29, 1.82) is 0 Å². The molecule has 35 heavy (non-hydrogen) atoms. The molecule has 0 fully saturated rings. The molecule has 1 unspecified atom stereocenters. The van der Waals surface area contributed by atoms with Crippen LogP contribution in [0.5, 0.6) is 0 Å². The van der Waals surface area contributed by atoms with Crippen LogP contribution in [0.3, 0.4) is 0 Å². The topological polar surface area (TPSA) is 71.4 Å². The first-order valence-corrected chi connectivity index (χ1v) is 15.3. The summed E-state index contributed by atoms with van der Waals surface area (Å²) in [6.07, 6.45) is 27.3. The molecule has 0 aromatic carbocycles. The van der Waals surface area contributed by atoms with Crippen molar-refractivity contribution in [2.75, 3.05) is 0 Å². The van der Waals surface area contributed by atoms with E-state index in [1.807, 2.05) is 0 Å². The van der Waals surface area contributed by atoms with Crippen molar-refractivity contribution in [3.63, 3.8) is 0 Å². The van der Waals surface area contributed by atoms with Crippen LogP contribution < -0.4 is 0 Å². The third kappa shape index (κ3) is 23.0. The molecule has 0 bridgehead atoms. The van der Waals surface area contributed by atoms with Crippen LogP contribution in [0.1, 0.15) is 174 Å². The van der Waals surface area contributed by atoms with Gasteiger partial charge >= 0.3 is 5.97 Å². The maximum absolute atomic E-state index is 12.4. The summed E-state index contributed by atoms with van der Waals surface area (Å²) in [5, 5.41) is 9.46. The van der Waals surface area contributed by atoms with Crippen LogP contribution in [0, 0.1) is 5.92 Å². The van der Waals surface area contributed by atoms with Gasteiger partial charge in [-0.1, -0.05) is 142 Å². The lowest BCUT2D eigenvalue weighted by molar-refractivity contribution is -0.148. The fourth-order valence-electron chi connectivity index (χ4n) is 4.79. The normalized spacial score (nSPS) is 12.1. The van der Waals surface area contributed by atoms with Gasteiger partial charge in [0.15, 0.2) is 0 Å². The van der Waals surface area contributed by atoms with Gasteiger partial charge in [0, 0.05) is 19.3 Å². The number of unbranched alkanes of at least 4 members (excludes halogenated alkanes) is 20. The van der Waals surface area contributed by atoms with E-state index in [1.165, 1.54) is 103 Å². The third-order valence-corrected chi connectivity index (χ3v) is 7.20. The van der Waals surface area contributed by atoms with Crippen molar-refractivity contribution < 1.29 is 19.5 Å². The standard InChI is InChI=1S/C31H58O4/c1-3-5-7-9-11-13-15-17-19-21-23-25-28(32)27-29(31(34)35)30(33)26-24-22-20-18-16-14-12-10-8-6-4-2/h29H,3-27H2,1-2H3,(H,34,35). The number of carboxylic acids is 1. The van der Waals surface area contributed by atoms with Crippen LogP contribution in [0.25, 0.3) is 0 Å². The Labute approximate surface area is 217 Å². The fraction of sp³-hybridized carbons (Fsp3) is 0.903. The molecule has 0 spiro atoms. The van der Waals surface area contributed by atoms with E-state index in [1.54, 1.807) is 0 Å². The largest absolute Gasteiger partial charge is 0.481 e. The predicted octanol–water partition coefficient (Wildman–Crippen LogP) is 9.62. The Kier molecular flexibility index (Phi) is 25.0. The lowest BCUT2D eigenvalue weighted by Crippen LogP contribution is -2.26. The molecule has 0 rings (SSSR count). The average molecular weight is 495 g/mol. The summed E-state index contributed by atoms with van der Waals surface area (Å²) in [5.74, 6) is -2.61. The van der Waals surface area contributed by atoms with E-state index < -0.39 is 11.9 Å². The quantitative estimate of drug-likeness (QED) is 0.0868. The van der Waals surface area contributed by atoms with Crippen LogP contribution in [0.15, 0.2) is 0 Å². The molecule has 0 amide bonds. The highest BCUT2D eigenvalue weighted by atomic mass is 16.4. The molecule has 0 aliphatic carbocycles. The summed E-state index contributed by atoms with van der Waals surface area (Å²) in [7, 11) is 0. The molecule has 1 N–H and O–H groups in total. The molecule has 0 heterocycles. The zero-order valence-corrected chi connectivity index (χ0v) is 23.4. The van der Waals surface area contributed by atoms with Gasteiger partial charge in [0.1, 0.15) is 17.5 Å². The number of rotatable bonds is 28. The molecular formula is C31H58O4.